The lowest BCUT2D eigenvalue weighted by Gasteiger charge is -2.38. The molecule has 1 aliphatic carbocycles. The predicted octanol–water partition coefficient (Wildman–Crippen LogP) is 3.33. The molecule has 0 radical (unpaired) electrons. The van der Waals surface area contributed by atoms with E-state index in [1.165, 1.54) is 36.1 Å². The van der Waals surface area contributed by atoms with Crippen molar-refractivity contribution in [2.45, 2.75) is 51.5 Å². The summed E-state index contributed by atoms with van der Waals surface area (Å²) >= 11 is 0. The van der Waals surface area contributed by atoms with E-state index in [0.29, 0.717) is 12.0 Å². The summed E-state index contributed by atoms with van der Waals surface area (Å²) in [6.07, 6.45) is 4.61. The number of anilines is 1. The molecule has 1 heterocycles. The van der Waals surface area contributed by atoms with E-state index in [1.54, 1.807) is 4.90 Å². The molecule has 0 saturated heterocycles. The van der Waals surface area contributed by atoms with E-state index in [9.17, 15) is 4.79 Å². The monoisotopic (exact) mass is 329 g/mol. The second-order valence-corrected chi connectivity index (χ2v) is 7.46. The largest absolute Gasteiger partial charge is 0.384 e. The lowest BCUT2D eigenvalue weighted by atomic mass is 9.78. The third-order valence-electron chi connectivity index (χ3n) is 5.48. The van der Waals surface area contributed by atoms with Crippen molar-refractivity contribution in [1.82, 2.24) is 9.80 Å². The van der Waals surface area contributed by atoms with Crippen LogP contribution in [0.1, 0.15) is 60.5 Å². The maximum atomic E-state index is 12.7. The Morgan fingerprint density at radius 1 is 1.21 bits per heavy atom. The van der Waals surface area contributed by atoms with Crippen LogP contribution < -0.4 is 5.32 Å². The van der Waals surface area contributed by atoms with E-state index in [1.807, 2.05) is 20.2 Å². The second-order valence-electron chi connectivity index (χ2n) is 7.46. The van der Waals surface area contributed by atoms with Gasteiger partial charge in [0.2, 0.25) is 0 Å². The lowest BCUT2D eigenvalue weighted by molar-refractivity contribution is 0.0825. The Morgan fingerprint density at radius 2 is 1.92 bits per heavy atom. The molecule has 0 saturated carbocycles. The van der Waals surface area contributed by atoms with Crippen molar-refractivity contribution in [1.29, 1.82) is 0 Å². The van der Waals surface area contributed by atoms with Crippen molar-refractivity contribution in [3.8, 4) is 0 Å². The molecular weight excluding hydrogens is 298 g/mol. The Morgan fingerprint density at radius 3 is 2.54 bits per heavy atom. The average molecular weight is 329 g/mol. The van der Waals surface area contributed by atoms with E-state index in [2.05, 4.69) is 30.1 Å². The number of rotatable bonds is 6. The Balaban J connectivity index is 1.97. The highest BCUT2D eigenvalue weighted by Crippen LogP contribution is 2.44. The Hall–Kier alpha value is -1.55. The van der Waals surface area contributed by atoms with Crippen molar-refractivity contribution < 1.29 is 4.79 Å². The molecule has 0 bridgehead atoms. The second kappa shape index (κ2) is 7.14. The molecule has 1 N–H and O–H groups in total. The van der Waals surface area contributed by atoms with Gasteiger partial charge in [0.15, 0.2) is 0 Å². The fraction of sp³-hybridized carbons (Fsp3) is 0.650. The Labute approximate surface area is 146 Å². The van der Waals surface area contributed by atoms with Gasteiger partial charge in [-0.2, -0.15) is 0 Å². The SMILES string of the molecule is CCCN(CCC)[C@H]1Cc2c(C(=O)N(C)C)ccc3c2[C@@H](CN3)C1. The minimum atomic E-state index is 0.136. The van der Waals surface area contributed by atoms with Crippen molar-refractivity contribution in [2.75, 3.05) is 39.0 Å². The summed E-state index contributed by atoms with van der Waals surface area (Å²) < 4.78 is 0. The molecule has 2 atom stereocenters. The molecule has 4 heteroatoms. The van der Waals surface area contributed by atoms with E-state index < -0.39 is 0 Å². The van der Waals surface area contributed by atoms with Crippen LogP contribution in [0.25, 0.3) is 0 Å². The third kappa shape index (κ3) is 3.04. The maximum Gasteiger partial charge on any atom is 0.253 e. The molecule has 24 heavy (non-hydrogen) atoms. The fourth-order valence-electron chi connectivity index (χ4n) is 4.46. The van der Waals surface area contributed by atoms with Crippen molar-refractivity contribution in [3.63, 3.8) is 0 Å². The number of amides is 1. The maximum absolute atomic E-state index is 12.7. The van der Waals surface area contributed by atoms with Crippen LogP contribution in [0.2, 0.25) is 0 Å². The molecule has 2 aliphatic rings. The van der Waals surface area contributed by atoms with Crippen LogP contribution in [-0.4, -0.2) is 55.5 Å². The van der Waals surface area contributed by atoms with E-state index in [0.717, 1.165) is 31.6 Å². The van der Waals surface area contributed by atoms with E-state index in [4.69, 9.17) is 0 Å². The van der Waals surface area contributed by atoms with Crippen LogP contribution in [0.15, 0.2) is 12.1 Å². The topological polar surface area (TPSA) is 35.6 Å². The first-order chi connectivity index (χ1) is 11.6. The first-order valence-corrected chi connectivity index (χ1v) is 9.42. The molecule has 4 nitrogen and oxygen atoms in total. The zero-order chi connectivity index (χ0) is 17.3. The fourth-order valence-corrected chi connectivity index (χ4v) is 4.46. The number of benzene rings is 1. The molecule has 1 aromatic rings. The normalized spacial score (nSPS) is 21.5. The summed E-state index contributed by atoms with van der Waals surface area (Å²) in [6, 6.07) is 4.69. The summed E-state index contributed by atoms with van der Waals surface area (Å²) in [4.78, 5) is 17.0. The molecule has 0 spiro atoms. The van der Waals surface area contributed by atoms with E-state index in [-0.39, 0.29) is 5.91 Å². The number of nitrogens with one attached hydrogen (secondary N) is 1. The summed E-state index contributed by atoms with van der Waals surface area (Å²) in [5, 5.41) is 3.56. The highest BCUT2D eigenvalue weighted by molar-refractivity contribution is 5.97. The van der Waals surface area contributed by atoms with Crippen LogP contribution in [0.5, 0.6) is 0 Å². The van der Waals surface area contributed by atoms with Gasteiger partial charge in [-0.3, -0.25) is 4.79 Å². The zero-order valence-corrected chi connectivity index (χ0v) is 15.6. The van der Waals surface area contributed by atoms with Gasteiger partial charge in [0.05, 0.1) is 0 Å². The number of hydrogen-bond acceptors (Lipinski definition) is 3. The minimum absolute atomic E-state index is 0.136. The van der Waals surface area contributed by atoms with Gasteiger partial charge in [-0.25, -0.2) is 0 Å². The summed E-state index contributed by atoms with van der Waals surface area (Å²) in [6.45, 7) is 7.85. The number of carbonyl (C=O) groups is 1. The van der Waals surface area contributed by atoms with Crippen LogP contribution in [0.4, 0.5) is 5.69 Å². The third-order valence-corrected chi connectivity index (χ3v) is 5.48. The molecule has 132 valence electrons. The van der Waals surface area contributed by atoms with Gasteiger partial charge in [-0.1, -0.05) is 13.8 Å². The smallest absolute Gasteiger partial charge is 0.253 e. The van der Waals surface area contributed by atoms with Crippen LogP contribution in [0, 0.1) is 0 Å². The summed E-state index contributed by atoms with van der Waals surface area (Å²) in [7, 11) is 3.69. The zero-order valence-electron chi connectivity index (χ0n) is 15.6. The van der Waals surface area contributed by atoms with Crippen LogP contribution >= 0.6 is 0 Å². The average Bonchev–Trinajstić information content (AvgIpc) is 2.98. The molecule has 1 amide bonds. The molecule has 0 aromatic heterocycles. The van der Waals surface area contributed by atoms with Gasteiger partial charge < -0.3 is 15.1 Å². The Kier molecular flexibility index (Phi) is 5.14. The van der Waals surface area contributed by atoms with Gasteiger partial charge in [-0.05, 0) is 62.0 Å². The van der Waals surface area contributed by atoms with Gasteiger partial charge in [0, 0.05) is 43.9 Å². The number of nitrogens with zero attached hydrogens (tertiary/aromatic N) is 2. The molecule has 3 rings (SSSR count). The number of hydrogen-bond donors (Lipinski definition) is 1. The molecule has 0 unspecified atom stereocenters. The Bertz CT molecular complexity index is 605. The van der Waals surface area contributed by atoms with E-state index >= 15 is 0 Å². The van der Waals surface area contributed by atoms with Crippen molar-refractivity contribution in [3.05, 3.63) is 28.8 Å². The van der Waals surface area contributed by atoms with Crippen LogP contribution in [0.3, 0.4) is 0 Å². The summed E-state index contributed by atoms with van der Waals surface area (Å²) in [5.74, 6) is 0.691. The quantitative estimate of drug-likeness (QED) is 0.869. The molecule has 1 aromatic carbocycles. The molecule has 1 aliphatic heterocycles. The number of carbonyl (C=O) groups excluding carboxylic acids is 1. The minimum Gasteiger partial charge on any atom is -0.384 e. The van der Waals surface area contributed by atoms with Gasteiger partial charge in [-0.15, -0.1) is 0 Å². The van der Waals surface area contributed by atoms with Crippen molar-refractivity contribution in [2.24, 2.45) is 0 Å². The predicted molar refractivity (Wildman–Crippen MR) is 100.0 cm³/mol. The van der Waals surface area contributed by atoms with Crippen LogP contribution in [-0.2, 0) is 6.42 Å². The first-order valence-electron chi connectivity index (χ1n) is 9.42. The first kappa shape index (κ1) is 17.3. The lowest BCUT2D eigenvalue weighted by Crippen LogP contribution is -2.42. The molecule has 0 fully saturated rings. The van der Waals surface area contributed by atoms with Gasteiger partial charge in [0.25, 0.3) is 5.91 Å². The van der Waals surface area contributed by atoms with Gasteiger partial charge in [0.1, 0.15) is 0 Å². The standard InChI is InChI=1S/C20H31N3O/c1-5-9-23(10-6-2)15-11-14-13-21-18-8-7-16(20(24)22(3)4)17(12-15)19(14)18/h7-8,14-15,21H,5-6,9-13H2,1-4H3/t14-,15-/m1/s1. The van der Waals surface area contributed by atoms with Crippen molar-refractivity contribution >= 4 is 11.6 Å². The van der Waals surface area contributed by atoms with Gasteiger partial charge >= 0.3 is 0 Å². The molecular formula is C20H31N3O. The summed E-state index contributed by atoms with van der Waals surface area (Å²) in [5.41, 5.74) is 4.88. The highest BCUT2D eigenvalue weighted by atomic mass is 16.2. The highest BCUT2D eigenvalue weighted by Gasteiger charge is 2.37.